The van der Waals surface area contributed by atoms with E-state index in [9.17, 15) is 13.6 Å². The summed E-state index contributed by atoms with van der Waals surface area (Å²) in [4.78, 5) is 13.9. The highest BCUT2D eigenvalue weighted by Crippen LogP contribution is 2.77. The Bertz CT molecular complexity index is 824. The van der Waals surface area contributed by atoms with Gasteiger partial charge in [0.15, 0.2) is 0 Å². The zero-order valence-electron chi connectivity index (χ0n) is 18.6. The smallest absolute Gasteiger partial charge is 0.239 e. The molecule has 5 fully saturated rings. The van der Waals surface area contributed by atoms with Gasteiger partial charge >= 0.3 is 0 Å². The highest BCUT2D eigenvalue weighted by Gasteiger charge is 2.74. The fourth-order valence-electron chi connectivity index (χ4n) is 8.33. The van der Waals surface area contributed by atoms with Crippen LogP contribution < -0.4 is 11.1 Å². The van der Waals surface area contributed by atoms with E-state index in [4.69, 9.17) is 5.73 Å². The molecule has 170 valence electrons. The predicted octanol–water partition coefficient (Wildman–Crippen LogP) is 5.04. The quantitative estimate of drug-likeness (QED) is 0.664. The third kappa shape index (κ3) is 3.25. The van der Waals surface area contributed by atoms with Gasteiger partial charge in [0.2, 0.25) is 12.3 Å². The van der Waals surface area contributed by atoms with E-state index in [1.807, 2.05) is 6.07 Å². The molecular weight excluding hydrogens is 394 g/mol. The number of rotatable bonds is 6. The molecule has 1 amide bonds. The van der Waals surface area contributed by atoms with Crippen LogP contribution in [0.4, 0.5) is 8.78 Å². The summed E-state index contributed by atoms with van der Waals surface area (Å²) in [5, 5.41) is 3.40. The Morgan fingerprint density at radius 3 is 2.48 bits per heavy atom. The molecule has 0 radical (unpaired) electrons. The summed E-state index contributed by atoms with van der Waals surface area (Å²) >= 11 is 0. The van der Waals surface area contributed by atoms with Gasteiger partial charge in [0, 0.05) is 12.5 Å². The Hall–Kier alpha value is -1.49. The molecule has 5 heteroatoms. The van der Waals surface area contributed by atoms with E-state index in [0.717, 1.165) is 57.9 Å². The lowest BCUT2D eigenvalue weighted by molar-refractivity contribution is -0.134. The molecule has 1 aromatic carbocycles. The maximum Gasteiger partial charge on any atom is 0.239 e. The highest BCUT2D eigenvalue weighted by atomic mass is 19.3. The Morgan fingerprint density at radius 2 is 1.84 bits per heavy atom. The Kier molecular flexibility index (Phi) is 5.19. The lowest BCUT2D eigenvalue weighted by Crippen LogP contribution is -2.48. The molecule has 5 saturated carbocycles. The summed E-state index contributed by atoms with van der Waals surface area (Å²) in [5.41, 5.74) is 6.15. The van der Waals surface area contributed by atoms with Gasteiger partial charge in [-0.15, -0.1) is 0 Å². The molecule has 0 spiro atoms. The number of halogens is 2. The number of benzene rings is 1. The number of hydrogen-bond donors (Lipinski definition) is 2. The van der Waals surface area contributed by atoms with Gasteiger partial charge < -0.3 is 11.1 Å². The van der Waals surface area contributed by atoms with Gasteiger partial charge in [-0.1, -0.05) is 37.3 Å². The molecule has 5 atom stereocenters. The van der Waals surface area contributed by atoms with Crippen molar-refractivity contribution in [2.45, 2.75) is 82.6 Å². The van der Waals surface area contributed by atoms with Crippen LogP contribution in [-0.4, -0.2) is 24.9 Å². The molecular formula is C26H36F2N2O. The lowest BCUT2D eigenvalue weighted by Gasteiger charge is -2.47. The Labute approximate surface area is 184 Å². The molecule has 5 aliphatic rings. The summed E-state index contributed by atoms with van der Waals surface area (Å²) < 4.78 is 27.3. The van der Waals surface area contributed by atoms with Crippen molar-refractivity contribution in [3.8, 4) is 0 Å². The number of carbonyl (C=O) groups is 1. The SMILES string of the molecule is CC1(CC(F)F)C2CC3(c4ccccc4)CC1C(C(=O)NC1CCC(CN)CC1)(C2)C3. The zero-order chi connectivity index (χ0) is 21.9. The lowest BCUT2D eigenvalue weighted by atomic mass is 9.57. The van der Waals surface area contributed by atoms with Crippen molar-refractivity contribution in [1.82, 2.24) is 5.32 Å². The maximum atomic E-state index is 13.9. The molecule has 31 heavy (non-hydrogen) atoms. The van der Waals surface area contributed by atoms with Crippen LogP contribution in [0.25, 0.3) is 0 Å². The summed E-state index contributed by atoms with van der Waals surface area (Å²) in [6, 6.07) is 10.7. The summed E-state index contributed by atoms with van der Waals surface area (Å²) in [6.45, 7) is 2.77. The van der Waals surface area contributed by atoms with Crippen LogP contribution in [0, 0.1) is 28.6 Å². The summed E-state index contributed by atoms with van der Waals surface area (Å²) in [5.74, 6) is 0.941. The van der Waals surface area contributed by atoms with Crippen molar-refractivity contribution in [3.05, 3.63) is 35.9 Å². The predicted molar refractivity (Wildman–Crippen MR) is 118 cm³/mol. The number of nitrogens with one attached hydrogen (secondary N) is 1. The standard InChI is InChI=1S/C26H36F2N2O/c1-24(14-22(27)28)19-11-25(18-5-3-2-4-6-18)13-21(24)26(12-19,16-25)23(31)30-20-9-7-17(15-29)8-10-20/h2-6,17,19-22H,7-16,29H2,1H3,(H,30,31). The van der Waals surface area contributed by atoms with Crippen molar-refractivity contribution in [2.75, 3.05) is 6.54 Å². The normalized spacial score (nSPS) is 43.5. The minimum Gasteiger partial charge on any atom is -0.353 e. The fraction of sp³-hybridized carbons (Fsp3) is 0.731. The van der Waals surface area contributed by atoms with E-state index in [1.165, 1.54) is 5.56 Å². The maximum absolute atomic E-state index is 13.9. The first kappa shape index (κ1) is 21.4. The minimum absolute atomic E-state index is 0.0355. The van der Waals surface area contributed by atoms with Crippen molar-refractivity contribution in [3.63, 3.8) is 0 Å². The second-order valence-electron chi connectivity index (χ2n) is 11.4. The average Bonchev–Trinajstić information content (AvgIpc) is 3.11. The third-order valence-corrected chi connectivity index (χ3v) is 9.84. The van der Waals surface area contributed by atoms with E-state index in [0.29, 0.717) is 5.92 Å². The van der Waals surface area contributed by atoms with E-state index in [-0.39, 0.29) is 35.6 Å². The molecule has 3 nitrogen and oxygen atoms in total. The Morgan fingerprint density at radius 1 is 1.13 bits per heavy atom. The first-order valence-electron chi connectivity index (χ1n) is 12.2. The highest BCUT2D eigenvalue weighted by molar-refractivity contribution is 5.85. The van der Waals surface area contributed by atoms with Crippen LogP contribution in [-0.2, 0) is 10.2 Å². The second kappa shape index (κ2) is 7.54. The Balaban J connectivity index is 1.44. The molecule has 3 N–H and O–H groups in total. The van der Waals surface area contributed by atoms with Crippen LogP contribution in [0.15, 0.2) is 30.3 Å². The average molecular weight is 431 g/mol. The van der Waals surface area contributed by atoms with Gasteiger partial charge in [0.05, 0.1) is 5.41 Å². The van der Waals surface area contributed by atoms with E-state index in [1.54, 1.807) is 0 Å². The summed E-state index contributed by atoms with van der Waals surface area (Å²) in [7, 11) is 0. The van der Waals surface area contributed by atoms with Gasteiger partial charge in [-0.3, -0.25) is 4.79 Å². The number of nitrogens with two attached hydrogens (primary N) is 1. The fourth-order valence-corrected chi connectivity index (χ4v) is 8.33. The first-order valence-corrected chi connectivity index (χ1v) is 12.2. The topological polar surface area (TPSA) is 55.1 Å². The van der Waals surface area contributed by atoms with Crippen molar-refractivity contribution in [1.29, 1.82) is 0 Å². The molecule has 5 aliphatic carbocycles. The minimum atomic E-state index is -2.32. The molecule has 0 aliphatic heterocycles. The molecule has 0 saturated heterocycles. The van der Waals surface area contributed by atoms with E-state index < -0.39 is 17.3 Å². The van der Waals surface area contributed by atoms with Crippen LogP contribution >= 0.6 is 0 Å². The van der Waals surface area contributed by atoms with E-state index in [2.05, 4.69) is 36.5 Å². The monoisotopic (exact) mass is 430 g/mol. The van der Waals surface area contributed by atoms with E-state index >= 15 is 0 Å². The molecule has 4 bridgehead atoms. The van der Waals surface area contributed by atoms with Gasteiger partial charge in [-0.25, -0.2) is 8.78 Å². The van der Waals surface area contributed by atoms with Crippen molar-refractivity contribution >= 4 is 5.91 Å². The van der Waals surface area contributed by atoms with Gasteiger partial charge in [-0.05, 0) is 92.1 Å². The second-order valence-corrected chi connectivity index (χ2v) is 11.4. The number of alkyl halides is 2. The van der Waals surface area contributed by atoms with Gasteiger partial charge in [-0.2, -0.15) is 0 Å². The molecule has 1 aromatic rings. The molecule has 0 aromatic heterocycles. The molecule has 0 heterocycles. The number of amides is 1. The molecule has 6 rings (SSSR count). The van der Waals surface area contributed by atoms with Crippen LogP contribution in [0.3, 0.4) is 0 Å². The largest absolute Gasteiger partial charge is 0.353 e. The van der Waals surface area contributed by atoms with Crippen LogP contribution in [0.2, 0.25) is 0 Å². The summed E-state index contributed by atoms with van der Waals surface area (Å²) in [6.07, 6.45) is 5.10. The van der Waals surface area contributed by atoms with Gasteiger partial charge in [0.1, 0.15) is 0 Å². The third-order valence-electron chi connectivity index (χ3n) is 9.84. The van der Waals surface area contributed by atoms with Crippen molar-refractivity contribution < 1.29 is 13.6 Å². The number of hydrogen-bond acceptors (Lipinski definition) is 2. The van der Waals surface area contributed by atoms with Crippen molar-refractivity contribution in [2.24, 2.45) is 34.3 Å². The van der Waals surface area contributed by atoms with Crippen LogP contribution in [0.5, 0.6) is 0 Å². The number of carbonyl (C=O) groups excluding carboxylic acids is 1. The molecule has 5 unspecified atom stereocenters. The van der Waals surface area contributed by atoms with Gasteiger partial charge in [0.25, 0.3) is 0 Å². The zero-order valence-corrected chi connectivity index (χ0v) is 18.6. The van der Waals surface area contributed by atoms with Crippen LogP contribution in [0.1, 0.15) is 70.3 Å². The first-order chi connectivity index (χ1) is 14.8.